The molecule has 0 aliphatic carbocycles. The Balaban J connectivity index is 2.59. The number of hydrogen-bond donors (Lipinski definition) is 1. The van der Waals surface area contributed by atoms with E-state index in [0.29, 0.717) is 5.69 Å². The quantitative estimate of drug-likeness (QED) is 0.893. The molecule has 2 aromatic rings. The summed E-state index contributed by atoms with van der Waals surface area (Å²) in [6.45, 7) is 0. The fourth-order valence-electron chi connectivity index (χ4n) is 1.75. The van der Waals surface area contributed by atoms with Crippen LogP contribution in [-0.4, -0.2) is 31.6 Å². The molecule has 1 aromatic carbocycles. The Bertz CT molecular complexity index is 771. The molecule has 9 heteroatoms. The maximum atomic E-state index is 12.4. The highest BCUT2D eigenvalue weighted by Gasteiger charge is 2.26. The van der Waals surface area contributed by atoms with Crippen molar-refractivity contribution in [1.29, 1.82) is 0 Å². The Morgan fingerprint density at radius 3 is 2.71 bits per heavy atom. The molecular weight excluding hydrogens is 338 g/mol. The van der Waals surface area contributed by atoms with E-state index in [1.165, 1.54) is 30.0 Å². The second-order valence-electron chi connectivity index (χ2n) is 4.03. The van der Waals surface area contributed by atoms with Crippen molar-refractivity contribution in [3.8, 4) is 5.75 Å². The molecule has 0 unspecified atom stereocenters. The normalized spacial score (nSPS) is 11.3. The zero-order chi connectivity index (χ0) is 15.6. The summed E-state index contributed by atoms with van der Waals surface area (Å²) in [6, 6.07) is 2.32. The number of hydrogen-bond acceptors (Lipinski definition) is 6. The van der Waals surface area contributed by atoms with Gasteiger partial charge in [-0.2, -0.15) is 0 Å². The third-order valence-corrected chi connectivity index (χ3v) is 5.11. The molecule has 0 aliphatic heterocycles. The van der Waals surface area contributed by atoms with Crippen molar-refractivity contribution in [3.63, 3.8) is 0 Å². The Morgan fingerprint density at radius 2 is 2.19 bits per heavy atom. The van der Waals surface area contributed by atoms with Crippen LogP contribution in [0.4, 0.5) is 0 Å². The highest BCUT2D eigenvalue weighted by molar-refractivity contribution is 7.90. The van der Waals surface area contributed by atoms with Crippen molar-refractivity contribution in [3.05, 3.63) is 39.3 Å². The number of sulfone groups is 1. The number of methoxy groups -OCH3 is 1. The molecule has 2 rings (SSSR count). The molecule has 6 nitrogen and oxygen atoms in total. The number of nitrogens with zero attached hydrogens (tertiary/aromatic N) is 1. The molecule has 0 aliphatic rings. The van der Waals surface area contributed by atoms with Crippen LogP contribution in [0.15, 0.2) is 27.9 Å². The fourth-order valence-corrected chi connectivity index (χ4v) is 4.18. The van der Waals surface area contributed by atoms with Crippen molar-refractivity contribution in [2.24, 2.45) is 0 Å². The minimum Gasteiger partial charge on any atom is -0.494 e. The van der Waals surface area contributed by atoms with E-state index in [4.69, 9.17) is 21.4 Å². The Hall–Kier alpha value is -1.64. The summed E-state index contributed by atoms with van der Waals surface area (Å²) < 4.78 is 29.8. The Kier molecular flexibility index (Phi) is 4.50. The van der Waals surface area contributed by atoms with Crippen LogP contribution in [-0.2, 0) is 15.6 Å². The summed E-state index contributed by atoms with van der Waals surface area (Å²) in [7, 11) is -2.63. The second-order valence-corrected chi connectivity index (χ2v) is 7.14. The number of rotatable bonds is 5. The Labute approximate surface area is 129 Å². The first-order chi connectivity index (χ1) is 9.85. The van der Waals surface area contributed by atoms with E-state index in [1.807, 2.05) is 0 Å². The number of carboxylic acid groups (broad SMARTS) is 1. The van der Waals surface area contributed by atoms with Gasteiger partial charge in [0.25, 0.3) is 0 Å². The van der Waals surface area contributed by atoms with Crippen LogP contribution in [0.25, 0.3) is 0 Å². The van der Waals surface area contributed by atoms with E-state index < -0.39 is 15.8 Å². The van der Waals surface area contributed by atoms with E-state index >= 15 is 0 Å². The fraction of sp³-hybridized carbons (Fsp3) is 0.167. The van der Waals surface area contributed by atoms with E-state index in [1.54, 1.807) is 5.38 Å². The van der Waals surface area contributed by atoms with E-state index in [9.17, 15) is 13.2 Å². The van der Waals surface area contributed by atoms with Gasteiger partial charge in [-0.15, -0.1) is 11.3 Å². The van der Waals surface area contributed by atoms with Crippen LogP contribution in [0.3, 0.4) is 0 Å². The lowest BCUT2D eigenvalue weighted by atomic mass is 10.2. The molecule has 0 bridgehead atoms. The largest absolute Gasteiger partial charge is 0.494 e. The molecule has 0 spiro atoms. The van der Waals surface area contributed by atoms with Gasteiger partial charge in [-0.05, 0) is 12.1 Å². The molecule has 1 aromatic heterocycles. The van der Waals surface area contributed by atoms with Crippen LogP contribution in [0.1, 0.15) is 16.1 Å². The summed E-state index contributed by atoms with van der Waals surface area (Å²) >= 11 is 7.08. The number of carbonyl (C=O) groups is 1. The first-order valence-electron chi connectivity index (χ1n) is 5.56. The SMILES string of the molecule is COc1c(C(=O)O)cc(Cl)cc1S(=O)(=O)Cc1cscn1. The summed E-state index contributed by atoms with van der Waals surface area (Å²) in [4.78, 5) is 14.8. The van der Waals surface area contributed by atoms with Gasteiger partial charge >= 0.3 is 5.97 Å². The van der Waals surface area contributed by atoms with E-state index in [0.717, 1.165) is 6.07 Å². The molecule has 0 saturated heterocycles. The van der Waals surface area contributed by atoms with Crippen LogP contribution in [0.5, 0.6) is 5.75 Å². The van der Waals surface area contributed by atoms with Gasteiger partial charge in [-0.25, -0.2) is 18.2 Å². The minimum absolute atomic E-state index is 0.00468. The number of aromatic nitrogens is 1. The third-order valence-electron chi connectivity index (χ3n) is 2.61. The lowest BCUT2D eigenvalue weighted by Crippen LogP contribution is -2.10. The average molecular weight is 348 g/mol. The van der Waals surface area contributed by atoms with E-state index in [2.05, 4.69) is 4.98 Å². The van der Waals surface area contributed by atoms with Gasteiger partial charge in [0.2, 0.25) is 0 Å². The van der Waals surface area contributed by atoms with Gasteiger partial charge in [0.05, 0.1) is 24.1 Å². The zero-order valence-corrected chi connectivity index (χ0v) is 13.1. The van der Waals surface area contributed by atoms with Crippen molar-refractivity contribution in [1.82, 2.24) is 4.98 Å². The minimum atomic E-state index is -3.83. The molecule has 0 radical (unpaired) electrons. The maximum absolute atomic E-state index is 12.4. The highest BCUT2D eigenvalue weighted by atomic mass is 35.5. The first-order valence-corrected chi connectivity index (χ1v) is 8.53. The number of ether oxygens (including phenoxy) is 1. The van der Waals surface area contributed by atoms with Crippen LogP contribution in [0, 0.1) is 0 Å². The zero-order valence-electron chi connectivity index (χ0n) is 10.7. The van der Waals surface area contributed by atoms with Crippen molar-refractivity contribution >= 4 is 38.7 Å². The summed E-state index contributed by atoms with van der Waals surface area (Å²) in [5, 5.41) is 10.7. The van der Waals surface area contributed by atoms with Crippen LogP contribution < -0.4 is 4.74 Å². The highest BCUT2D eigenvalue weighted by Crippen LogP contribution is 2.33. The van der Waals surface area contributed by atoms with Gasteiger partial charge in [0.1, 0.15) is 10.5 Å². The van der Waals surface area contributed by atoms with Gasteiger partial charge in [0, 0.05) is 10.4 Å². The molecule has 21 heavy (non-hydrogen) atoms. The Morgan fingerprint density at radius 1 is 1.48 bits per heavy atom. The lowest BCUT2D eigenvalue weighted by molar-refractivity contribution is 0.0693. The number of aromatic carboxylic acids is 1. The van der Waals surface area contributed by atoms with Crippen molar-refractivity contribution < 1.29 is 23.1 Å². The number of benzene rings is 1. The van der Waals surface area contributed by atoms with Crippen LogP contribution in [0.2, 0.25) is 5.02 Å². The van der Waals surface area contributed by atoms with Crippen molar-refractivity contribution in [2.75, 3.05) is 7.11 Å². The monoisotopic (exact) mass is 347 g/mol. The molecule has 0 saturated carbocycles. The number of halogens is 1. The topological polar surface area (TPSA) is 93.6 Å². The predicted molar refractivity (Wildman–Crippen MR) is 78.0 cm³/mol. The molecule has 1 heterocycles. The number of thiazole rings is 1. The molecule has 0 amide bonds. The lowest BCUT2D eigenvalue weighted by Gasteiger charge is -2.12. The summed E-state index contributed by atoms with van der Waals surface area (Å²) in [6.07, 6.45) is 0. The number of carboxylic acids is 1. The second kappa shape index (κ2) is 6.00. The molecule has 1 N–H and O–H groups in total. The molecule has 112 valence electrons. The standard InChI is InChI=1S/C12H10ClNO5S2/c1-19-11-9(12(15)16)2-7(13)3-10(11)21(17,18)5-8-4-20-6-14-8/h2-4,6H,5H2,1H3,(H,15,16). The third kappa shape index (κ3) is 3.34. The van der Waals surface area contributed by atoms with Crippen molar-refractivity contribution in [2.45, 2.75) is 10.6 Å². The summed E-state index contributed by atoms with van der Waals surface area (Å²) in [5.74, 6) is -1.91. The summed E-state index contributed by atoms with van der Waals surface area (Å²) in [5.41, 5.74) is 1.59. The molecular formula is C12H10ClNO5S2. The van der Waals surface area contributed by atoms with Crippen LogP contribution >= 0.6 is 22.9 Å². The van der Waals surface area contributed by atoms with Gasteiger partial charge in [-0.1, -0.05) is 11.6 Å². The van der Waals surface area contributed by atoms with Gasteiger partial charge in [-0.3, -0.25) is 0 Å². The predicted octanol–water partition coefficient (Wildman–Crippen LogP) is 2.48. The first kappa shape index (κ1) is 15.7. The van der Waals surface area contributed by atoms with Gasteiger partial charge < -0.3 is 9.84 Å². The van der Waals surface area contributed by atoms with Gasteiger partial charge in [0.15, 0.2) is 15.6 Å². The smallest absolute Gasteiger partial charge is 0.339 e. The molecule has 0 fully saturated rings. The van der Waals surface area contributed by atoms with E-state index in [-0.39, 0.29) is 27.0 Å². The molecule has 0 atom stereocenters. The maximum Gasteiger partial charge on any atom is 0.339 e. The average Bonchev–Trinajstić information content (AvgIpc) is 2.89.